The van der Waals surface area contributed by atoms with Crippen molar-refractivity contribution in [1.82, 2.24) is 0 Å². The normalized spacial score (nSPS) is 14.0. The summed E-state index contributed by atoms with van der Waals surface area (Å²) < 4.78 is 16.6. The molecule has 5 nitrogen and oxygen atoms in total. The average molecular weight is 486 g/mol. The van der Waals surface area contributed by atoms with Gasteiger partial charge in [-0.1, -0.05) is 40.9 Å². The van der Waals surface area contributed by atoms with Crippen LogP contribution in [0.2, 0.25) is 15.1 Å². The summed E-state index contributed by atoms with van der Waals surface area (Å²) >= 11 is 18.3. The van der Waals surface area contributed by atoms with Gasteiger partial charge in [-0.05, 0) is 54.6 Å². The first-order valence-electron chi connectivity index (χ1n) is 9.32. The number of ether oxygens (including phenoxy) is 2. The van der Waals surface area contributed by atoms with E-state index in [9.17, 15) is 9.59 Å². The number of halogens is 3. The first-order chi connectivity index (χ1) is 15.4. The Balaban J connectivity index is 1.39. The second-order valence-corrected chi connectivity index (χ2v) is 8.17. The lowest BCUT2D eigenvalue weighted by Crippen LogP contribution is -2.07. The van der Waals surface area contributed by atoms with Crippen LogP contribution in [0.15, 0.2) is 70.8 Å². The molecule has 3 aromatic carbocycles. The SMILES string of the molecule is O=C(Oc1ccc2c(c1)O/C(=C\c1c(Cl)cccc1Cl)C2=O)c1cc2cc(Cl)ccc2o1. The van der Waals surface area contributed by atoms with Crippen molar-refractivity contribution >= 4 is 63.6 Å². The lowest BCUT2D eigenvalue weighted by atomic mass is 10.1. The highest BCUT2D eigenvalue weighted by Crippen LogP contribution is 2.37. The van der Waals surface area contributed by atoms with E-state index >= 15 is 0 Å². The molecule has 1 aromatic heterocycles. The van der Waals surface area contributed by atoms with E-state index in [1.54, 1.807) is 42.5 Å². The molecule has 0 fully saturated rings. The van der Waals surface area contributed by atoms with Crippen LogP contribution in [0.3, 0.4) is 0 Å². The highest BCUT2D eigenvalue weighted by Gasteiger charge is 2.29. The van der Waals surface area contributed by atoms with E-state index in [4.69, 9.17) is 48.7 Å². The van der Waals surface area contributed by atoms with E-state index in [2.05, 4.69) is 0 Å². The van der Waals surface area contributed by atoms with E-state index in [0.29, 0.717) is 37.2 Å². The van der Waals surface area contributed by atoms with E-state index < -0.39 is 5.97 Å². The zero-order valence-electron chi connectivity index (χ0n) is 16.0. The van der Waals surface area contributed by atoms with Crippen molar-refractivity contribution in [2.75, 3.05) is 0 Å². The van der Waals surface area contributed by atoms with E-state index in [1.165, 1.54) is 24.3 Å². The monoisotopic (exact) mass is 484 g/mol. The maximum atomic E-state index is 12.7. The minimum Gasteiger partial charge on any atom is -0.452 e. The van der Waals surface area contributed by atoms with Crippen molar-refractivity contribution < 1.29 is 23.5 Å². The van der Waals surface area contributed by atoms with Crippen LogP contribution in [-0.2, 0) is 0 Å². The van der Waals surface area contributed by atoms with Gasteiger partial charge in [-0.15, -0.1) is 0 Å². The molecule has 0 spiro atoms. The molecule has 1 aliphatic rings. The number of allylic oxidation sites excluding steroid dienone is 1. The fourth-order valence-electron chi connectivity index (χ4n) is 3.28. The zero-order chi connectivity index (χ0) is 22.4. The van der Waals surface area contributed by atoms with Gasteiger partial charge in [-0.25, -0.2) is 4.79 Å². The van der Waals surface area contributed by atoms with Gasteiger partial charge in [0, 0.05) is 32.1 Å². The number of fused-ring (bicyclic) bond motifs is 2. The van der Waals surface area contributed by atoms with Gasteiger partial charge in [-0.2, -0.15) is 0 Å². The summed E-state index contributed by atoms with van der Waals surface area (Å²) in [5.41, 5.74) is 1.32. The third kappa shape index (κ3) is 3.75. The molecular weight excluding hydrogens is 475 g/mol. The molecule has 0 N–H and O–H groups in total. The predicted octanol–water partition coefficient (Wildman–Crippen LogP) is 7.23. The number of hydrogen-bond acceptors (Lipinski definition) is 5. The summed E-state index contributed by atoms with van der Waals surface area (Å²) in [6, 6.07) is 16.1. The van der Waals surface area contributed by atoms with Gasteiger partial charge in [0.15, 0.2) is 5.76 Å². The van der Waals surface area contributed by atoms with Gasteiger partial charge in [0.05, 0.1) is 5.56 Å². The summed E-state index contributed by atoms with van der Waals surface area (Å²) in [4.78, 5) is 25.2. The topological polar surface area (TPSA) is 65.7 Å². The third-order valence-corrected chi connectivity index (χ3v) is 5.70. The lowest BCUT2D eigenvalue weighted by Gasteiger charge is -2.04. The van der Waals surface area contributed by atoms with Gasteiger partial charge in [-0.3, -0.25) is 4.79 Å². The summed E-state index contributed by atoms with van der Waals surface area (Å²) in [5, 5.41) is 1.99. The Morgan fingerprint density at radius 1 is 0.938 bits per heavy atom. The van der Waals surface area contributed by atoms with Crippen LogP contribution in [0, 0.1) is 0 Å². The second-order valence-electron chi connectivity index (χ2n) is 6.92. The molecule has 5 rings (SSSR count). The van der Waals surface area contributed by atoms with E-state index in [0.717, 1.165) is 0 Å². The Kier molecular flexibility index (Phi) is 5.18. The number of benzene rings is 3. The molecule has 0 bridgehead atoms. The molecule has 4 aromatic rings. The number of carbonyl (C=O) groups excluding carboxylic acids is 2. The smallest absolute Gasteiger partial charge is 0.379 e. The first kappa shape index (κ1) is 20.6. The molecule has 32 heavy (non-hydrogen) atoms. The van der Waals surface area contributed by atoms with Crippen molar-refractivity contribution in [3.8, 4) is 11.5 Å². The van der Waals surface area contributed by atoms with Crippen LogP contribution in [0.25, 0.3) is 17.0 Å². The number of rotatable bonds is 3. The quantitative estimate of drug-likeness (QED) is 0.174. The third-order valence-electron chi connectivity index (χ3n) is 4.81. The molecule has 0 unspecified atom stereocenters. The molecule has 0 atom stereocenters. The van der Waals surface area contributed by atoms with Gasteiger partial charge in [0.25, 0.3) is 0 Å². The molecule has 0 amide bonds. The largest absolute Gasteiger partial charge is 0.452 e. The maximum absolute atomic E-state index is 12.7. The Morgan fingerprint density at radius 2 is 1.72 bits per heavy atom. The Morgan fingerprint density at radius 3 is 2.50 bits per heavy atom. The summed E-state index contributed by atoms with van der Waals surface area (Å²) in [6.45, 7) is 0. The number of ketones is 1. The summed E-state index contributed by atoms with van der Waals surface area (Å²) in [5.74, 6) is -0.493. The molecule has 8 heteroatoms. The van der Waals surface area contributed by atoms with Crippen LogP contribution >= 0.6 is 34.8 Å². The Hall–Kier alpha value is -3.25. The zero-order valence-corrected chi connectivity index (χ0v) is 18.3. The van der Waals surface area contributed by atoms with Gasteiger partial charge in [0.2, 0.25) is 11.5 Å². The van der Waals surface area contributed by atoms with Crippen LogP contribution in [0.1, 0.15) is 26.5 Å². The van der Waals surface area contributed by atoms with Crippen molar-refractivity contribution in [2.24, 2.45) is 0 Å². The number of Topliss-reactive ketones (excluding diaryl/α,β-unsaturated/α-hetero) is 1. The van der Waals surface area contributed by atoms with Crippen molar-refractivity contribution in [3.05, 3.63) is 98.4 Å². The van der Waals surface area contributed by atoms with Crippen LogP contribution < -0.4 is 9.47 Å². The van der Waals surface area contributed by atoms with Crippen molar-refractivity contribution in [3.63, 3.8) is 0 Å². The second kappa shape index (κ2) is 8.02. The highest BCUT2D eigenvalue weighted by molar-refractivity contribution is 6.37. The summed E-state index contributed by atoms with van der Waals surface area (Å²) in [7, 11) is 0. The number of furan rings is 1. The van der Waals surface area contributed by atoms with Gasteiger partial charge < -0.3 is 13.9 Å². The van der Waals surface area contributed by atoms with Crippen LogP contribution in [0.5, 0.6) is 11.5 Å². The van der Waals surface area contributed by atoms with Gasteiger partial charge in [0.1, 0.15) is 17.1 Å². The van der Waals surface area contributed by atoms with E-state index in [1.807, 2.05) is 0 Å². The number of hydrogen-bond donors (Lipinski definition) is 0. The van der Waals surface area contributed by atoms with E-state index in [-0.39, 0.29) is 28.8 Å². The molecular formula is C24H11Cl3O5. The van der Waals surface area contributed by atoms with Crippen molar-refractivity contribution in [2.45, 2.75) is 0 Å². The fourth-order valence-corrected chi connectivity index (χ4v) is 3.97. The lowest BCUT2D eigenvalue weighted by molar-refractivity contribution is 0.0703. The Bertz CT molecular complexity index is 1430. The molecule has 0 radical (unpaired) electrons. The minimum absolute atomic E-state index is 0.0220. The number of esters is 1. The molecule has 0 saturated heterocycles. The number of carbonyl (C=O) groups is 2. The average Bonchev–Trinajstić information content (AvgIpc) is 3.31. The first-order valence-corrected chi connectivity index (χ1v) is 10.5. The van der Waals surface area contributed by atoms with Crippen LogP contribution in [-0.4, -0.2) is 11.8 Å². The molecule has 158 valence electrons. The standard InChI is InChI=1S/C24H11Cl3O5/c25-13-4-7-19-12(8-13)9-22(31-19)24(29)30-14-5-6-15-20(10-14)32-21(23(15)28)11-16-17(26)2-1-3-18(16)27/h1-11H/b21-11-. The fraction of sp³-hybridized carbons (Fsp3) is 0. The summed E-state index contributed by atoms with van der Waals surface area (Å²) in [6.07, 6.45) is 1.48. The molecule has 0 saturated carbocycles. The molecule has 1 aliphatic heterocycles. The van der Waals surface area contributed by atoms with Crippen LogP contribution in [0.4, 0.5) is 0 Å². The maximum Gasteiger partial charge on any atom is 0.379 e. The highest BCUT2D eigenvalue weighted by atomic mass is 35.5. The van der Waals surface area contributed by atoms with Gasteiger partial charge >= 0.3 is 5.97 Å². The molecule has 2 heterocycles. The predicted molar refractivity (Wildman–Crippen MR) is 122 cm³/mol. The molecule has 0 aliphatic carbocycles. The Labute approximate surface area is 196 Å². The minimum atomic E-state index is -0.694. The van der Waals surface area contributed by atoms with Crippen molar-refractivity contribution in [1.29, 1.82) is 0 Å².